The summed E-state index contributed by atoms with van der Waals surface area (Å²) in [5, 5.41) is 0. The normalized spacial score (nSPS) is 12.2. The van der Waals surface area contributed by atoms with Crippen LogP contribution in [0.15, 0.2) is 36.5 Å². The molecule has 0 aliphatic heterocycles. The minimum Gasteiger partial charge on any atom is -0.462 e. The van der Waals surface area contributed by atoms with E-state index in [1.807, 2.05) is 0 Å². The first kappa shape index (κ1) is 79.6. The van der Waals surface area contributed by atoms with Gasteiger partial charge < -0.3 is 14.2 Å². The molecule has 482 valence electrons. The molecular weight excluding hydrogens is 1010 g/mol. The predicted molar refractivity (Wildman–Crippen MR) is 358 cm³/mol. The monoisotopic (exact) mass is 1150 g/mol. The fraction of sp³-hybridized carbons (Fsp3) is 0.882. The number of allylic oxidation sites excluding steroid dienone is 6. The minimum atomic E-state index is -0.774. The number of carbonyl (C=O) groups excluding carboxylic acids is 3. The van der Waals surface area contributed by atoms with Crippen molar-refractivity contribution in [3.8, 4) is 0 Å². The summed E-state index contributed by atoms with van der Waals surface area (Å²) < 4.78 is 17.0. The molecule has 1 unspecified atom stereocenters. The van der Waals surface area contributed by atoms with E-state index in [1.54, 1.807) is 0 Å². The van der Waals surface area contributed by atoms with E-state index in [4.69, 9.17) is 14.2 Å². The van der Waals surface area contributed by atoms with E-state index in [0.717, 1.165) is 64.2 Å². The third kappa shape index (κ3) is 68.4. The van der Waals surface area contributed by atoms with Crippen LogP contribution in [0.2, 0.25) is 0 Å². The Morgan fingerprint density at radius 1 is 0.244 bits per heavy atom. The number of unbranched alkanes of at least 4 members (excludes halogenated alkanes) is 52. The maximum atomic E-state index is 13.0. The smallest absolute Gasteiger partial charge is 0.306 e. The summed E-state index contributed by atoms with van der Waals surface area (Å²) in [5.41, 5.74) is 0. The second kappa shape index (κ2) is 71.1. The molecule has 0 spiro atoms. The standard InChI is InChI=1S/C76H142O6/c1-4-7-10-13-16-19-22-25-28-31-34-36-38-40-42-45-48-51-54-57-60-63-66-69-75(78)81-72-73(71-80-74(77)68-65-62-59-56-53-50-47-44-33-30-27-24-21-18-15-12-9-6-3)82-76(79)70-67-64-61-58-55-52-49-46-43-41-39-37-35-32-29-26-23-20-17-14-11-8-5-2/h22,25,30-31,33-34,73H,4-21,23-24,26-29,32,35-72H2,1-3H3/b25-22-,33-30-,34-31-. The maximum absolute atomic E-state index is 13.0. The molecule has 0 saturated carbocycles. The van der Waals surface area contributed by atoms with Gasteiger partial charge in [-0.25, -0.2) is 0 Å². The van der Waals surface area contributed by atoms with Crippen molar-refractivity contribution in [2.24, 2.45) is 0 Å². The zero-order valence-corrected chi connectivity index (χ0v) is 55.5. The number of hydrogen-bond donors (Lipinski definition) is 0. The average Bonchev–Trinajstić information content (AvgIpc) is 3.47. The molecular formula is C76H142O6. The van der Waals surface area contributed by atoms with Crippen LogP contribution in [0.25, 0.3) is 0 Å². The SMILES string of the molecule is CCCCCCC/C=C\C/C=C\CCCCCCCCCCCCCC(=O)OCC(COC(=O)CCCCCCCCC/C=C\CCCCCCCCC)OC(=O)CCCCCCCCCCCCCCCCCCCCCCCCC. The molecule has 0 radical (unpaired) electrons. The third-order valence-corrected chi connectivity index (χ3v) is 16.9. The van der Waals surface area contributed by atoms with E-state index in [9.17, 15) is 14.4 Å². The summed E-state index contributed by atoms with van der Waals surface area (Å²) in [6, 6.07) is 0. The number of esters is 3. The van der Waals surface area contributed by atoms with Gasteiger partial charge in [-0.15, -0.1) is 0 Å². The van der Waals surface area contributed by atoms with Crippen LogP contribution in [0.1, 0.15) is 412 Å². The van der Waals surface area contributed by atoms with E-state index in [0.29, 0.717) is 19.3 Å². The van der Waals surface area contributed by atoms with Crippen molar-refractivity contribution in [1.82, 2.24) is 0 Å². The third-order valence-electron chi connectivity index (χ3n) is 16.9. The van der Waals surface area contributed by atoms with Crippen LogP contribution in [0.3, 0.4) is 0 Å². The van der Waals surface area contributed by atoms with Crippen LogP contribution in [0.4, 0.5) is 0 Å². The Labute approximate surface area is 512 Å². The first-order chi connectivity index (χ1) is 40.5. The van der Waals surface area contributed by atoms with Gasteiger partial charge in [0.05, 0.1) is 0 Å². The lowest BCUT2D eigenvalue weighted by Crippen LogP contribution is -2.30. The van der Waals surface area contributed by atoms with Gasteiger partial charge in [0.2, 0.25) is 0 Å². The van der Waals surface area contributed by atoms with Crippen molar-refractivity contribution in [1.29, 1.82) is 0 Å². The molecule has 0 aromatic rings. The molecule has 0 N–H and O–H groups in total. The zero-order chi connectivity index (χ0) is 59.2. The van der Waals surface area contributed by atoms with Gasteiger partial charge in [-0.2, -0.15) is 0 Å². The van der Waals surface area contributed by atoms with Gasteiger partial charge in [-0.05, 0) is 77.0 Å². The van der Waals surface area contributed by atoms with Crippen molar-refractivity contribution in [3.63, 3.8) is 0 Å². The van der Waals surface area contributed by atoms with E-state index in [2.05, 4.69) is 57.2 Å². The van der Waals surface area contributed by atoms with Gasteiger partial charge in [0.25, 0.3) is 0 Å². The van der Waals surface area contributed by atoms with Gasteiger partial charge >= 0.3 is 17.9 Å². The molecule has 0 rings (SSSR count). The lowest BCUT2D eigenvalue weighted by Gasteiger charge is -2.18. The van der Waals surface area contributed by atoms with Crippen LogP contribution in [-0.4, -0.2) is 37.2 Å². The van der Waals surface area contributed by atoms with Crippen molar-refractivity contribution in [2.45, 2.75) is 419 Å². The quantitative estimate of drug-likeness (QED) is 0.0261. The lowest BCUT2D eigenvalue weighted by atomic mass is 10.0. The van der Waals surface area contributed by atoms with Crippen LogP contribution in [0.5, 0.6) is 0 Å². The lowest BCUT2D eigenvalue weighted by molar-refractivity contribution is -0.167. The Balaban J connectivity index is 4.30. The highest BCUT2D eigenvalue weighted by Gasteiger charge is 2.19. The number of ether oxygens (including phenoxy) is 3. The molecule has 0 saturated heterocycles. The Hall–Kier alpha value is -2.37. The van der Waals surface area contributed by atoms with E-state index in [-0.39, 0.29) is 31.1 Å². The molecule has 82 heavy (non-hydrogen) atoms. The van der Waals surface area contributed by atoms with Gasteiger partial charge in [-0.1, -0.05) is 353 Å². The van der Waals surface area contributed by atoms with Crippen molar-refractivity contribution >= 4 is 17.9 Å². The Morgan fingerprint density at radius 2 is 0.439 bits per heavy atom. The molecule has 6 heteroatoms. The highest BCUT2D eigenvalue weighted by Crippen LogP contribution is 2.19. The first-order valence-corrected chi connectivity index (χ1v) is 37.0. The van der Waals surface area contributed by atoms with E-state index in [1.165, 1.54) is 308 Å². The zero-order valence-electron chi connectivity index (χ0n) is 55.5. The molecule has 1 atom stereocenters. The average molecular weight is 1150 g/mol. The second-order valence-corrected chi connectivity index (χ2v) is 25.2. The first-order valence-electron chi connectivity index (χ1n) is 37.0. The van der Waals surface area contributed by atoms with Gasteiger partial charge in [0.15, 0.2) is 6.10 Å². The molecule has 0 aromatic carbocycles. The summed E-state index contributed by atoms with van der Waals surface area (Å²) >= 11 is 0. The summed E-state index contributed by atoms with van der Waals surface area (Å²) in [6.07, 6.45) is 88.9. The number of rotatable bonds is 69. The largest absolute Gasteiger partial charge is 0.462 e. The van der Waals surface area contributed by atoms with Gasteiger partial charge in [0, 0.05) is 19.3 Å². The molecule has 0 heterocycles. The van der Waals surface area contributed by atoms with Crippen molar-refractivity contribution in [2.75, 3.05) is 13.2 Å². The Morgan fingerprint density at radius 3 is 0.683 bits per heavy atom. The van der Waals surface area contributed by atoms with Crippen LogP contribution >= 0.6 is 0 Å². The topological polar surface area (TPSA) is 78.9 Å². The summed E-state index contributed by atoms with van der Waals surface area (Å²) in [7, 11) is 0. The molecule has 0 aliphatic carbocycles. The highest BCUT2D eigenvalue weighted by atomic mass is 16.6. The van der Waals surface area contributed by atoms with Crippen LogP contribution in [-0.2, 0) is 28.6 Å². The van der Waals surface area contributed by atoms with Crippen molar-refractivity contribution < 1.29 is 28.6 Å². The number of hydrogen-bond acceptors (Lipinski definition) is 6. The summed E-state index contributed by atoms with van der Waals surface area (Å²) in [6.45, 7) is 6.71. The molecule has 0 aliphatic rings. The van der Waals surface area contributed by atoms with E-state index >= 15 is 0 Å². The van der Waals surface area contributed by atoms with Crippen LogP contribution < -0.4 is 0 Å². The minimum absolute atomic E-state index is 0.0695. The predicted octanol–water partition coefficient (Wildman–Crippen LogP) is 25.5. The van der Waals surface area contributed by atoms with Gasteiger partial charge in [-0.3, -0.25) is 14.4 Å². The fourth-order valence-electron chi connectivity index (χ4n) is 11.3. The molecule has 0 amide bonds. The van der Waals surface area contributed by atoms with Crippen LogP contribution in [0, 0.1) is 0 Å². The maximum Gasteiger partial charge on any atom is 0.306 e. The summed E-state index contributed by atoms with van der Waals surface area (Å²) in [5.74, 6) is -0.843. The Bertz CT molecular complexity index is 1370. The Kier molecular flexibility index (Phi) is 69.1. The molecule has 0 aromatic heterocycles. The fourth-order valence-corrected chi connectivity index (χ4v) is 11.3. The second-order valence-electron chi connectivity index (χ2n) is 25.2. The highest BCUT2D eigenvalue weighted by molar-refractivity contribution is 5.71. The molecule has 6 nitrogen and oxygen atoms in total. The van der Waals surface area contributed by atoms with E-state index < -0.39 is 6.10 Å². The molecule has 0 bridgehead atoms. The summed E-state index contributed by atoms with van der Waals surface area (Å²) in [4.78, 5) is 38.5. The van der Waals surface area contributed by atoms with Crippen molar-refractivity contribution in [3.05, 3.63) is 36.5 Å². The molecule has 0 fully saturated rings. The number of carbonyl (C=O) groups is 3. The van der Waals surface area contributed by atoms with Gasteiger partial charge in [0.1, 0.15) is 13.2 Å².